The topological polar surface area (TPSA) is 86.2 Å². The Morgan fingerprint density at radius 1 is 1.14 bits per heavy atom. The first kappa shape index (κ1) is 19.1. The van der Waals surface area contributed by atoms with Crippen molar-refractivity contribution in [2.45, 2.75) is 25.2 Å². The molecule has 29 heavy (non-hydrogen) atoms. The first-order valence-electron chi connectivity index (χ1n) is 9.11. The number of aryl methyl sites for hydroxylation is 1. The lowest BCUT2D eigenvalue weighted by Crippen LogP contribution is -2.24. The number of carbonyl (C=O) groups is 1. The van der Waals surface area contributed by atoms with E-state index in [0.717, 1.165) is 16.7 Å². The van der Waals surface area contributed by atoms with Gasteiger partial charge in [0.2, 0.25) is 5.76 Å². The molecule has 6 nitrogen and oxygen atoms in total. The summed E-state index contributed by atoms with van der Waals surface area (Å²) in [6.45, 7) is 1.50. The van der Waals surface area contributed by atoms with E-state index in [0.29, 0.717) is 11.4 Å². The van der Waals surface area contributed by atoms with Gasteiger partial charge in [-0.3, -0.25) is 14.9 Å². The van der Waals surface area contributed by atoms with Crippen molar-refractivity contribution in [2.24, 2.45) is 0 Å². The molecule has 0 bridgehead atoms. The molecule has 146 valence electrons. The van der Waals surface area contributed by atoms with E-state index in [1.807, 2.05) is 42.5 Å². The van der Waals surface area contributed by atoms with Crippen LogP contribution in [0.1, 0.15) is 40.8 Å². The summed E-state index contributed by atoms with van der Waals surface area (Å²) in [5, 5.41) is 15.9. The summed E-state index contributed by atoms with van der Waals surface area (Å²) >= 11 is 6.03. The third-order valence-corrected chi connectivity index (χ3v) is 5.48. The van der Waals surface area contributed by atoms with Gasteiger partial charge in [-0.1, -0.05) is 59.2 Å². The van der Waals surface area contributed by atoms with E-state index >= 15 is 0 Å². The minimum atomic E-state index is -0.828. The van der Waals surface area contributed by atoms with Crippen LogP contribution in [0.2, 0.25) is 5.02 Å². The van der Waals surface area contributed by atoms with Gasteiger partial charge in [-0.2, -0.15) is 0 Å². The molecule has 1 aliphatic rings. The van der Waals surface area contributed by atoms with Gasteiger partial charge in [-0.15, -0.1) is 0 Å². The van der Waals surface area contributed by atoms with Gasteiger partial charge in [0.05, 0.1) is 10.8 Å². The molecule has 0 radical (unpaired) electrons. The average Bonchev–Trinajstić information content (AvgIpc) is 3.10. The van der Waals surface area contributed by atoms with Crippen LogP contribution >= 0.6 is 11.6 Å². The molecule has 2 atom stereocenters. The smallest absolute Gasteiger partial charge is 0.335 e. The molecular weight excluding hydrogens is 392 g/mol. The van der Waals surface area contributed by atoms with E-state index in [4.69, 9.17) is 16.1 Å². The molecule has 1 aromatic heterocycles. The quantitative estimate of drug-likeness (QED) is 0.422. The lowest BCUT2D eigenvalue weighted by Gasteiger charge is -2.29. The summed E-state index contributed by atoms with van der Waals surface area (Å²) in [4.78, 5) is 24.3. The predicted molar refractivity (Wildman–Crippen MR) is 109 cm³/mol. The molecule has 7 heteroatoms. The van der Waals surface area contributed by atoms with Gasteiger partial charge < -0.3 is 4.52 Å². The lowest BCUT2D eigenvalue weighted by atomic mass is 9.72. The van der Waals surface area contributed by atoms with Gasteiger partial charge in [0.15, 0.2) is 11.5 Å². The van der Waals surface area contributed by atoms with Crippen molar-refractivity contribution in [1.29, 1.82) is 0 Å². The molecule has 1 heterocycles. The van der Waals surface area contributed by atoms with E-state index in [1.54, 1.807) is 18.2 Å². The minimum Gasteiger partial charge on any atom is -0.353 e. The third-order valence-electron chi connectivity index (χ3n) is 5.23. The number of hydrogen-bond donors (Lipinski definition) is 0. The Balaban J connectivity index is 1.85. The Labute approximate surface area is 171 Å². The van der Waals surface area contributed by atoms with Gasteiger partial charge in [-0.25, -0.2) is 0 Å². The van der Waals surface area contributed by atoms with E-state index < -0.39 is 10.8 Å². The maximum atomic E-state index is 13.2. The van der Waals surface area contributed by atoms with Crippen molar-refractivity contribution in [2.75, 3.05) is 0 Å². The number of allylic oxidation sites excluding steroid dienone is 2. The second kappa shape index (κ2) is 7.64. The molecule has 2 aromatic carbocycles. The number of carbonyl (C=O) groups excluding carboxylic acids is 1. The molecule has 1 aliphatic carbocycles. The highest BCUT2D eigenvalue weighted by molar-refractivity contribution is 6.30. The lowest BCUT2D eigenvalue weighted by molar-refractivity contribution is -0.386. The van der Waals surface area contributed by atoms with Crippen LogP contribution in [0.3, 0.4) is 0 Å². The Kier molecular flexibility index (Phi) is 5.03. The van der Waals surface area contributed by atoms with Crippen LogP contribution in [0.4, 0.5) is 5.69 Å². The fraction of sp³-hybridized carbons (Fsp3) is 0.182. The second-order valence-corrected chi connectivity index (χ2v) is 7.45. The molecule has 3 aromatic rings. The van der Waals surface area contributed by atoms with Crippen LogP contribution < -0.4 is 0 Å². The van der Waals surface area contributed by atoms with E-state index in [-0.39, 0.29) is 28.8 Å². The summed E-state index contributed by atoms with van der Waals surface area (Å²) in [7, 11) is 0. The molecule has 0 unspecified atom stereocenters. The maximum absolute atomic E-state index is 13.2. The zero-order valence-electron chi connectivity index (χ0n) is 15.5. The zero-order valence-corrected chi connectivity index (χ0v) is 16.3. The monoisotopic (exact) mass is 408 g/mol. The van der Waals surface area contributed by atoms with E-state index in [2.05, 4.69) is 5.16 Å². The van der Waals surface area contributed by atoms with E-state index in [9.17, 15) is 14.9 Å². The van der Waals surface area contributed by atoms with Crippen LogP contribution in [-0.2, 0) is 4.79 Å². The van der Waals surface area contributed by atoms with Crippen LogP contribution in [0.15, 0.2) is 65.2 Å². The Bertz CT molecular complexity index is 1100. The third kappa shape index (κ3) is 3.59. The van der Waals surface area contributed by atoms with Crippen molar-refractivity contribution in [3.05, 3.63) is 98.4 Å². The minimum absolute atomic E-state index is 0.000752. The van der Waals surface area contributed by atoms with E-state index in [1.165, 1.54) is 6.92 Å². The fourth-order valence-corrected chi connectivity index (χ4v) is 3.99. The number of hydrogen-bond acceptors (Lipinski definition) is 5. The van der Waals surface area contributed by atoms with Crippen LogP contribution in [0.25, 0.3) is 5.57 Å². The average molecular weight is 409 g/mol. The predicted octanol–water partition coefficient (Wildman–Crippen LogP) is 5.47. The molecule has 0 aliphatic heterocycles. The molecule has 0 N–H and O–H groups in total. The maximum Gasteiger partial charge on any atom is 0.335 e. The largest absolute Gasteiger partial charge is 0.353 e. The summed E-state index contributed by atoms with van der Waals surface area (Å²) in [6.07, 6.45) is 2.09. The van der Waals surface area contributed by atoms with Crippen molar-refractivity contribution in [1.82, 2.24) is 5.16 Å². The fourth-order valence-electron chi connectivity index (χ4n) is 3.87. The number of ketones is 1. The van der Waals surface area contributed by atoms with Gasteiger partial charge >= 0.3 is 5.69 Å². The summed E-state index contributed by atoms with van der Waals surface area (Å²) < 4.78 is 5.32. The number of halogens is 1. The van der Waals surface area contributed by atoms with Gasteiger partial charge in [0, 0.05) is 10.9 Å². The highest BCUT2D eigenvalue weighted by Gasteiger charge is 2.42. The molecule has 0 amide bonds. The molecule has 0 saturated heterocycles. The highest BCUT2D eigenvalue weighted by Crippen LogP contribution is 2.47. The van der Waals surface area contributed by atoms with Crippen LogP contribution in [0.5, 0.6) is 0 Å². The summed E-state index contributed by atoms with van der Waals surface area (Å²) in [5.41, 5.74) is 2.61. The summed E-state index contributed by atoms with van der Waals surface area (Å²) in [5.74, 6) is -1.41. The first-order valence-corrected chi connectivity index (χ1v) is 9.49. The number of benzene rings is 2. The zero-order chi connectivity index (χ0) is 20.5. The molecule has 0 saturated carbocycles. The highest BCUT2D eigenvalue weighted by atomic mass is 35.5. The number of nitrogens with zero attached hydrogens (tertiary/aromatic N) is 2. The number of aromatic nitrogens is 1. The first-order chi connectivity index (χ1) is 14.0. The van der Waals surface area contributed by atoms with Crippen LogP contribution in [0, 0.1) is 17.0 Å². The Morgan fingerprint density at radius 3 is 2.48 bits per heavy atom. The number of rotatable bonds is 4. The molecule has 0 spiro atoms. The molecule has 4 rings (SSSR count). The Hall–Kier alpha value is -3.25. The second-order valence-electron chi connectivity index (χ2n) is 7.02. The van der Waals surface area contributed by atoms with Gasteiger partial charge in [-0.05, 0) is 48.3 Å². The molecule has 0 fully saturated rings. The van der Waals surface area contributed by atoms with Crippen molar-refractivity contribution >= 4 is 28.6 Å². The normalized spacial score (nSPS) is 19.1. The summed E-state index contributed by atoms with van der Waals surface area (Å²) in [6, 6.07) is 16.8. The number of nitro groups is 1. The molecular formula is C22H17ClN2O4. The standard InChI is InChI=1S/C22H17ClN2O4/c1-13-21(25(27)28)22(29-24-13)20-18(15-7-9-17(23)10-8-15)11-16(12-19(20)26)14-5-3-2-4-6-14/h2-10,12,18,20H,11H2,1H3/t18-,20-/m0/s1. The van der Waals surface area contributed by atoms with Crippen LogP contribution in [-0.4, -0.2) is 15.9 Å². The van der Waals surface area contributed by atoms with Crippen molar-refractivity contribution in [3.8, 4) is 0 Å². The Morgan fingerprint density at radius 2 is 1.83 bits per heavy atom. The SMILES string of the molecule is Cc1noc([C@@H]2C(=O)C=C(c3ccccc3)C[C@H]2c2ccc(Cl)cc2)c1[N+](=O)[O-]. The van der Waals surface area contributed by atoms with Crippen molar-refractivity contribution in [3.63, 3.8) is 0 Å². The van der Waals surface area contributed by atoms with Gasteiger partial charge in [0.25, 0.3) is 0 Å². The van der Waals surface area contributed by atoms with Gasteiger partial charge in [0.1, 0.15) is 0 Å². The van der Waals surface area contributed by atoms with Crippen molar-refractivity contribution < 1.29 is 14.2 Å².